The quantitative estimate of drug-likeness (QED) is 0.485. The molecule has 0 bridgehead atoms. The van der Waals surface area contributed by atoms with Crippen LogP contribution < -0.4 is 9.47 Å². The van der Waals surface area contributed by atoms with Crippen molar-refractivity contribution in [2.24, 2.45) is 0 Å². The van der Waals surface area contributed by atoms with Crippen molar-refractivity contribution in [3.63, 3.8) is 0 Å². The molecule has 0 aliphatic carbocycles. The number of likely N-dealkylation sites (tertiary alicyclic amines) is 1. The van der Waals surface area contributed by atoms with Gasteiger partial charge < -0.3 is 9.47 Å². The van der Waals surface area contributed by atoms with Crippen molar-refractivity contribution >= 4 is 0 Å². The Morgan fingerprint density at radius 3 is 2.66 bits per heavy atom. The van der Waals surface area contributed by atoms with Crippen molar-refractivity contribution in [1.29, 1.82) is 0 Å². The second-order valence-electron chi connectivity index (χ2n) is 8.21. The Hall–Kier alpha value is -2.99. The molecule has 6 heteroatoms. The second kappa shape index (κ2) is 10.6. The van der Waals surface area contributed by atoms with Crippen molar-refractivity contribution in [3.8, 4) is 22.6 Å². The highest BCUT2D eigenvalue weighted by Gasteiger charge is 2.29. The Kier molecular flexibility index (Phi) is 7.32. The van der Waals surface area contributed by atoms with Gasteiger partial charge in [-0.05, 0) is 49.6 Å². The van der Waals surface area contributed by atoms with Gasteiger partial charge in [-0.25, -0.2) is 9.97 Å². The van der Waals surface area contributed by atoms with E-state index in [0.717, 1.165) is 72.1 Å². The van der Waals surface area contributed by atoms with Crippen LogP contribution in [-0.2, 0) is 13.0 Å². The summed E-state index contributed by atoms with van der Waals surface area (Å²) in [5.74, 6) is 2.50. The fourth-order valence-electron chi connectivity index (χ4n) is 4.57. The first-order valence-corrected chi connectivity index (χ1v) is 11.4. The number of nitrogens with zero attached hydrogens (tertiary/aromatic N) is 4. The first-order chi connectivity index (χ1) is 15.7. The van der Waals surface area contributed by atoms with E-state index in [9.17, 15) is 0 Å². The zero-order valence-corrected chi connectivity index (χ0v) is 19.3. The van der Waals surface area contributed by atoms with Crippen LogP contribution in [0.2, 0.25) is 0 Å². The molecular formula is C26H32N4O2. The van der Waals surface area contributed by atoms with Gasteiger partial charge in [-0.1, -0.05) is 25.5 Å². The Bertz CT molecular complexity index is 1030. The van der Waals surface area contributed by atoms with Crippen LogP contribution in [0.5, 0.6) is 11.5 Å². The zero-order chi connectivity index (χ0) is 22.3. The van der Waals surface area contributed by atoms with Gasteiger partial charge in [0.1, 0.15) is 5.82 Å². The number of hydrogen-bond acceptors (Lipinski definition) is 6. The minimum Gasteiger partial charge on any atom is -0.493 e. The third-order valence-corrected chi connectivity index (χ3v) is 6.12. The number of methoxy groups -OCH3 is 2. The molecule has 0 unspecified atom stereocenters. The smallest absolute Gasteiger partial charge is 0.165 e. The molecule has 0 saturated carbocycles. The van der Waals surface area contributed by atoms with Crippen LogP contribution in [0.3, 0.4) is 0 Å². The van der Waals surface area contributed by atoms with E-state index >= 15 is 0 Å². The summed E-state index contributed by atoms with van der Waals surface area (Å²) < 4.78 is 11.2. The van der Waals surface area contributed by atoms with E-state index < -0.39 is 0 Å². The largest absolute Gasteiger partial charge is 0.493 e. The summed E-state index contributed by atoms with van der Waals surface area (Å²) >= 11 is 0. The summed E-state index contributed by atoms with van der Waals surface area (Å²) in [7, 11) is 3.39. The lowest BCUT2D eigenvalue weighted by molar-refractivity contribution is 0.136. The van der Waals surface area contributed by atoms with Gasteiger partial charge in [-0.3, -0.25) is 9.88 Å². The van der Waals surface area contributed by atoms with Gasteiger partial charge in [-0.2, -0.15) is 0 Å². The first-order valence-electron chi connectivity index (χ1n) is 11.4. The molecule has 0 N–H and O–H groups in total. The Morgan fingerprint density at radius 1 is 1.06 bits per heavy atom. The lowest BCUT2D eigenvalue weighted by Gasteiger charge is -2.36. The summed E-state index contributed by atoms with van der Waals surface area (Å²) in [4.78, 5) is 16.5. The SMILES string of the molecule is CCCc1ncc(-c2ccncc2)c([C@@H]2CCCCN2Cc2cccc(OC)c2OC)n1. The fraction of sp³-hybridized carbons (Fsp3) is 0.423. The summed E-state index contributed by atoms with van der Waals surface area (Å²) in [6.07, 6.45) is 11.0. The number of rotatable bonds is 8. The summed E-state index contributed by atoms with van der Waals surface area (Å²) in [6, 6.07) is 10.4. The molecule has 1 saturated heterocycles. The maximum atomic E-state index is 5.71. The van der Waals surface area contributed by atoms with Crippen LogP contribution in [-0.4, -0.2) is 40.6 Å². The Labute approximate surface area is 190 Å². The number of hydrogen-bond donors (Lipinski definition) is 0. The lowest BCUT2D eigenvalue weighted by atomic mass is 9.93. The predicted octanol–water partition coefficient (Wildman–Crippen LogP) is 5.24. The van der Waals surface area contributed by atoms with Crippen molar-refractivity contribution in [2.45, 2.75) is 51.6 Å². The molecule has 3 heterocycles. The molecule has 0 amide bonds. The normalized spacial score (nSPS) is 16.7. The van der Waals surface area contributed by atoms with Crippen molar-refractivity contribution in [2.75, 3.05) is 20.8 Å². The number of para-hydroxylation sites is 1. The average Bonchev–Trinajstić information content (AvgIpc) is 2.85. The number of aryl methyl sites for hydroxylation is 1. The number of ether oxygens (including phenoxy) is 2. The van der Waals surface area contributed by atoms with Crippen LogP contribution in [0.25, 0.3) is 11.1 Å². The fourth-order valence-corrected chi connectivity index (χ4v) is 4.57. The second-order valence-corrected chi connectivity index (χ2v) is 8.21. The number of aromatic nitrogens is 3. The van der Waals surface area contributed by atoms with Gasteiger partial charge in [-0.15, -0.1) is 0 Å². The molecule has 2 aromatic heterocycles. The average molecular weight is 433 g/mol. The molecule has 0 radical (unpaired) electrons. The van der Waals surface area contributed by atoms with Crippen LogP contribution in [0.1, 0.15) is 55.7 Å². The highest BCUT2D eigenvalue weighted by atomic mass is 16.5. The zero-order valence-electron chi connectivity index (χ0n) is 19.3. The number of pyridine rings is 1. The van der Waals surface area contributed by atoms with E-state index in [1.807, 2.05) is 42.9 Å². The first kappa shape index (κ1) is 22.2. The third kappa shape index (κ3) is 4.75. The standard InChI is InChI=1S/C26H32N4O2/c1-4-8-24-28-17-21(19-12-14-27-15-13-19)25(29-24)22-10-5-6-16-30(22)18-20-9-7-11-23(31-2)26(20)32-3/h7,9,11-15,17,22H,4-6,8,10,16,18H2,1-3H3/t22-/m0/s1. The molecule has 32 heavy (non-hydrogen) atoms. The highest BCUT2D eigenvalue weighted by Crippen LogP contribution is 2.39. The van der Waals surface area contributed by atoms with Crippen LogP contribution in [0.4, 0.5) is 0 Å². The molecule has 3 aromatic rings. The van der Waals surface area contributed by atoms with E-state index in [-0.39, 0.29) is 6.04 Å². The monoisotopic (exact) mass is 432 g/mol. The van der Waals surface area contributed by atoms with Crippen LogP contribution >= 0.6 is 0 Å². The molecule has 1 atom stereocenters. The van der Waals surface area contributed by atoms with Gasteiger partial charge in [0.25, 0.3) is 0 Å². The number of piperidine rings is 1. The van der Waals surface area contributed by atoms with E-state index in [1.165, 1.54) is 12.8 Å². The van der Waals surface area contributed by atoms with Gasteiger partial charge in [0.2, 0.25) is 0 Å². The summed E-state index contributed by atoms with van der Waals surface area (Å²) in [5.41, 5.74) is 4.47. The maximum Gasteiger partial charge on any atom is 0.165 e. The molecule has 4 rings (SSSR count). The molecule has 1 fully saturated rings. The van der Waals surface area contributed by atoms with Crippen LogP contribution in [0, 0.1) is 0 Å². The molecule has 1 aliphatic rings. The maximum absolute atomic E-state index is 5.71. The van der Waals surface area contributed by atoms with Gasteiger partial charge in [0, 0.05) is 42.7 Å². The minimum absolute atomic E-state index is 0.224. The van der Waals surface area contributed by atoms with Crippen molar-refractivity contribution < 1.29 is 9.47 Å². The molecule has 1 aliphatic heterocycles. The van der Waals surface area contributed by atoms with Crippen molar-refractivity contribution in [3.05, 3.63) is 66.0 Å². The minimum atomic E-state index is 0.224. The van der Waals surface area contributed by atoms with E-state index in [0.29, 0.717) is 0 Å². The lowest BCUT2D eigenvalue weighted by Crippen LogP contribution is -2.34. The van der Waals surface area contributed by atoms with Gasteiger partial charge in [0.05, 0.1) is 26.0 Å². The molecular weight excluding hydrogens is 400 g/mol. The topological polar surface area (TPSA) is 60.4 Å². The third-order valence-electron chi connectivity index (χ3n) is 6.12. The Morgan fingerprint density at radius 2 is 1.91 bits per heavy atom. The number of benzene rings is 1. The van der Waals surface area contributed by atoms with E-state index in [4.69, 9.17) is 14.5 Å². The molecule has 0 spiro atoms. The van der Waals surface area contributed by atoms with Gasteiger partial charge >= 0.3 is 0 Å². The summed E-state index contributed by atoms with van der Waals surface area (Å²) in [6.45, 7) is 3.98. The van der Waals surface area contributed by atoms with Crippen molar-refractivity contribution in [1.82, 2.24) is 19.9 Å². The summed E-state index contributed by atoms with van der Waals surface area (Å²) in [5, 5.41) is 0. The Balaban J connectivity index is 1.73. The van der Waals surface area contributed by atoms with E-state index in [1.54, 1.807) is 14.2 Å². The highest BCUT2D eigenvalue weighted by molar-refractivity contribution is 5.65. The predicted molar refractivity (Wildman–Crippen MR) is 126 cm³/mol. The van der Waals surface area contributed by atoms with Crippen LogP contribution in [0.15, 0.2) is 48.9 Å². The van der Waals surface area contributed by atoms with E-state index in [2.05, 4.69) is 27.9 Å². The molecule has 6 nitrogen and oxygen atoms in total. The molecule has 168 valence electrons. The molecule has 1 aromatic carbocycles. The van der Waals surface area contributed by atoms with Gasteiger partial charge in [0.15, 0.2) is 11.5 Å².